The number of carbonyl (C=O) groups is 1. The van der Waals surface area contributed by atoms with Gasteiger partial charge in [-0.25, -0.2) is 19.2 Å². The van der Waals surface area contributed by atoms with Crippen molar-refractivity contribution in [3.8, 4) is 22.5 Å². The average molecular weight is 364 g/mol. The summed E-state index contributed by atoms with van der Waals surface area (Å²) in [6.45, 7) is 1.68. The molecule has 0 aliphatic rings. The highest BCUT2D eigenvalue weighted by Crippen LogP contribution is 2.32. The number of anilines is 1. The number of rotatable bonds is 5. The highest BCUT2D eigenvalue weighted by Gasteiger charge is 2.15. The van der Waals surface area contributed by atoms with Crippen molar-refractivity contribution in [2.24, 2.45) is 5.73 Å². The molecule has 0 bridgehead atoms. The molecule has 0 aliphatic heterocycles. The van der Waals surface area contributed by atoms with Crippen molar-refractivity contribution in [3.63, 3.8) is 0 Å². The lowest BCUT2D eigenvalue weighted by Crippen LogP contribution is -2.19. The van der Waals surface area contributed by atoms with Crippen LogP contribution in [0, 0.1) is 18.2 Å². The fraction of sp³-hybridized carbons (Fsp3) is 0.0526. The van der Waals surface area contributed by atoms with Gasteiger partial charge in [0.25, 0.3) is 0 Å². The largest absolute Gasteiger partial charge is 0.351 e. The van der Waals surface area contributed by atoms with Crippen molar-refractivity contribution < 1.29 is 9.18 Å². The molecule has 3 rings (SSSR count). The van der Waals surface area contributed by atoms with Crippen molar-refractivity contribution in [2.45, 2.75) is 6.92 Å². The second kappa shape index (κ2) is 7.61. The molecule has 3 aromatic rings. The van der Waals surface area contributed by atoms with E-state index in [9.17, 15) is 9.18 Å². The molecular weight excluding hydrogens is 347 g/mol. The van der Waals surface area contributed by atoms with E-state index in [1.165, 1.54) is 18.3 Å². The van der Waals surface area contributed by atoms with E-state index in [2.05, 4.69) is 20.3 Å². The van der Waals surface area contributed by atoms with Gasteiger partial charge >= 0.3 is 6.03 Å². The Labute approximate surface area is 154 Å². The Hall–Kier alpha value is -3.81. The first kappa shape index (κ1) is 18.0. The predicted octanol–water partition coefficient (Wildman–Crippen LogP) is 3.74. The average Bonchev–Trinajstić information content (AvgIpc) is 3.06. The third kappa shape index (κ3) is 4.06. The van der Waals surface area contributed by atoms with Crippen molar-refractivity contribution in [1.29, 1.82) is 5.41 Å². The van der Waals surface area contributed by atoms with Gasteiger partial charge in [0.05, 0.1) is 11.4 Å². The molecule has 0 spiro atoms. The van der Waals surface area contributed by atoms with Crippen LogP contribution in [-0.2, 0) is 0 Å². The number of carbonyl (C=O) groups excluding carboxylic acids is 1. The molecule has 8 heteroatoms. The lowest BCUT2D eigenvalue weighted by Gasteiger charge is -2.07. The van der Waals surface area contributed by atoms with Crippen LogP contribution in [0.1, 0.15) is 11.4 Å². The molecule has 5 N–H and O–H groups in total. The number of imidazole rings is 1. The van der Waals surface area contributed by atoms with Gasteiger partial charge in [0.15, 0.2) is 0 Å². The standard InChI is InChI=1S/C19H17FN6O/c1-11-9-12(4-5-14(11)20)17-18(25-15(24-17)3-2-7-21)13-6-8-23-16(10-13)26-19(22)27/h2-10,21H,1H3,(H,24,25)(H3,22,23,26,27)/b3-2-,21-7?. The zero-order valence-electron chi connectivity index (χ0n) is 14.5. The maximum absolute atomic E-state index is 13.7. The number of benzene rings is 1. The molecule has 0 saturated carbocycles. The summed E-state index contributed by atoms with van der Waals surface area (Å²) >= 11 is 0. The lowest BCUT2D eigenvalue weighted by atomic mass is 10.0. The summed E-state index contributed by atoms with van der Waals surface area (Å²) < 4.78 is 13.7. The molecule has 2 aromatic heterocycles. The number of hydrogen-bond donors (Lipinski definition) is 4. The Morgan fingerprint density at radius 1 is 1.30 bits per heavy atom. The fourth-order valence-corrected chi connectivity index (χ4v) is 2.60. The first-order chi connectivity index (χ1) is 13.0. The fourth-order valence-electron chi connectivity index (χ4n) is 2.60. The molecule has 1 aromatic carbocycles. The Morgan fingerprint density at radius 3 is 2.81 bits per heavy atom. The van der Waals surface area contributed by atoms with Gasteiger partial charge < -0.3 is 16.1 Å². The Balaban J connectivity index is 2.14. The van der Waals surface area contributed by atoms with Crippen LogP contribution >= 0.6 is 0 Å². The minimum absolute atomic E-state index is 0.295. The van der Waals surface area contributed by atoms with Crippen LogP contribution in [0.4, 0.5) is 15.0 Å². The second-order valence-electron chi connectivity index (χ2n) is 5.75. The lowest BCUT2D eigenvalue weighted by molar-refractivity contribution is 0.259. The van der Waals surface area contributed by atoms with E-state index < -0.39 is 6.03 Å². The number of aromatic nitrogens is 3. The first-order valence-corrected chi connectivity index (χ1v) is 8.04. The van der Waals surface area contributed by atoms with E-state index in [1.807, 2.05) is 0 Å². The molecule has 0 unspecified atom stereocenters. The van der Waals surface area contributed by atoms with Crippen molar-refractivity contribution >= 4 is 24.1 Å². The number of aryl methyl sites for hydroxylation is 1. The number of pyridine rings is 1. The highest BCUT2D eigenvalue weighted by atomic mass is 19.1. The van der Waals surface area contributed by atoms with Crippen LogP contribution in [0.3, 0.4) is 0 Å². The summed E-state index contributed by atoms with van der Waals surface area (Å²) in [6.07, 6.45) is 5.87. The van der Waals surface area contributed by atoms with E-state index in [-0.39, 0.29) is 5.82 Å². The summed E-state index contributed by atoms with van der Waals surface area (Å²) in [4.78, 5) is 22.9. The molecule has 2 heterocycles. The van der Waals surface area contributed by atoms with Crippen LogP contribution in [0.25, 0.3) is 28.6 Å². The monoisotopic (exact) mass is 364 g/mol. The molecule has 136 valence electrons. The predicted molar refractivity (Wildman–Crippen MR) is 103 cm³/mol. The summed E-state index contributed by atoms with van der Waals surface area (Å²) in [6, 6.07) is 7.45. The molecule has 27 heavy (non-hydrogen) atoms. The van der Waals surface area contributed by atoms with Crippen molar-refractivity contribution in [3.05, 3.63) is 59.8 Å². The smallest absolute Gasteiger partial charge is 0.317 e. The van der Waals surface area contributed by atoms with Gasteiger partial charge in [0.1, 0.15) is 17.5 Å². The van der Waals surface area contributed by atoms with Crippen molar-refractivity contribution in [1.82, 2.24) is 15.0 Å². The summed E-state index contributed by atoms with van der Waals surface area (Å²) in [5, 5.41) is 9.56. The third-order valence-electron chi connectivity index (χ3n) is 3.80. The van der Waals surface area contributed by atoms with Crippen molar-refractivity contribution in [2.75, 3.05) is 5.32 Å². The topological polar surface area (TPSA) is 121 Å². The second-order valence-corrected chi connectivity index (χ2v) is 5.75. The number of amides is 2. The van der Waals surface area contributed by atoms with Crippen LogP contribution in [0.2, 0.25) is 0 Å². The Bertz CT molecular complexity index is 1040. The van der Waals surface area contributed by atoms with Gasteiger partial charge in [0.2, 0.25) is 0 Å². The summed E-state index contributed by atoms with van der Waals surface area (Å²) in [5.41, 5.74) is 8.38. The van der Waals surface area contributed by atoms with Crippen LogP contribution < -0.4 is 11.1 Å². The number of allylic oxidation sites excluding steroid dienone is 1. The van der Waals surface area contributed by atoms with Gasteiger partial charge in [-0.3, -0.25) is 5.32 Å². The zero-order chi connectivity index (χ0) is 19.4. The van der Waals surface area contributed by atoms with Crippen LogP contribution in [0.15, 0.2) is 42.6 Å². The molecule has 0 saturated heterocycles. The van der Waals surface area contributed by atoms with Gasteiger partial charge in [-0.05, 0) is 55.0 Å². The third-order valence-corrected chi connectivity index (χ3v) is 3.80. The number of H-pyrrole nitrogens is 1. The van der Waals surface area contributed by atoms with E-state index in [1.54, 1.807) is 37.3 Å². The van der Waals surface area contributed by atoms with Gasteiger partial charge in [-0.2, -0.15) is 0 Å². The molecule has 0 fully saturated rings. The highest BCUT2D eigenvalue weighted by molar-refractivity contribution is 5.88. The van der Waals surface area contributed by atoms with E-state index in [0.29, 0.717) is 34.2 Å². The molecule has 2 amide bonds. The Morgan fingerprint density at radius 2 is 2.11 bits per heavy atom. The molecule has 0 radical (unpaired) electrons. The zero-order valence-corrected chi connectivity index (χ0v) is 14.5. The quantitative estimate of drug-likeness (QED) is 0.516. The normalized spacial score (nSPS) is 10.9. The molecule has 7 nitrogen and oxygen atoms in total. The number of primary amides is 1. The van der Waals surface area contributed by atoms with Gasteiger partial charge in [-0.15, -0.1) is 0 Å². The maximum atomic E-state index is 13.7. The van der Waals surface area contributed by atoms with Crippen LogP contribution in [0.5, 0.6) is 0 Å². The summed E-state index contributed by atoms with van der Waals surface area (Å²) in [7, 11) is 0. The van der Waals surface area contributed by atoms with E-state index >= 15 is 0 Å². The number of hydrogen-bond acceptors (Lipinski definition) is 4. The van der Waals surface area contributed by atoms with Crippen LogP contribution in [-0.4, -0.2) is 27.2 Å². The minimum atomic E-state index is -0.715. The minimum Gasteiger partial charge on any atom is -0.351 e. The number of urea groups is 1. The van der Waals surface area contributed by atoms with Gasteiger partial charge in [-0.1, -0.05) is 0 Å². The van der Waals surface area contributed by atoms with Gasteiger partial charge in [0, 0.05) is 23.5 Å². The molecule has 0 atom stereocenters. The maximum Gasteiger partial charge on any atom is 0.317 e. The summed E-state index contributed by atoms with van der Waals surface area (Å²) in [5.74, 6) is 0.538. The molecule has 0 aliphatic carbocycles. The first-order valence-electron chi connectivity index (χ1n) is 8.04. The number of aromatic amines is 1. The SMILES string of the molecule is Cc1cc(-c2nc(/C=C\C=N)[nH]c2-c2ccnc(NC(N)=O)c2)ccc1F. The number of nitrogens with zero attached hydrogens (tertiary/aromatic N) is 2. The Kier molecular flexibility index (Phi) is 5.07. The van der Waals surface area contributed by atoms with E-state index in [4.69, 9.17) is 11.1 Å². The van der Waals surface area contributed by atoms with E-state index in [0.717, 1.165) is 11.8 Å². The number of halogens is 1. The molecular formula is C19H17FN6O. The number of nitrogens with one attached hydrogen (secondary N) is 3. The number of nitrogens with two attached hydrogens (primary N) is 1.